The molecule has 0 fully saturated rings. The number of ether oxygens (including phenoxy) is 2. The molecule has 0 saturated heterocycles. The first kappa shape index (κ1) is 18.0. The minimum atomic E-state index is -0.279. The first-order valence-electron chi connectivity index (χ1n) is 8.31. The van der Waals surface area contributed by atoms with E-state index in [1.165, 1.54) is 0 Å². The van der Waals surface area contributed by atoms with Gasteiger partial charge in [0.1, 0.15) is 12.4 Å². The maximum Gasteiger partial charge on any atom is 0.313 e. The van der Waals surface area contributed by atoms with Crippen LogP contribution in [-0.2, 0) is 11.4 Å². The van der Waals surface area contributed by atoms with E-state index in [2.05, 4.69) is 4.98 Å². The fourth-order valence-electron chi connectivity index (χ4n) is 2.20. The number of esters is 1. The van der Waals surface area contributed by atoms with Crippen molar-refractivity contribution in [3.05, 3.63) is 84.6 Å². The summed E-state index contributed by atoms with van der Waals surface area (Å²) in [4.78, 5) is 16.8. The molecule has 0 unspecified atom stereocenters. The first-order valence-corrected chi connectivity index (χ1v) is 9.29. The summed E-state index contributed by atoms with van der Waals surface area (Å²) in [5.74, 6) is 1.53. The molecule has 3 aromatic rings. The Kier molecular flexibility index (Phi) is 6.67. The molecule has 26 heavy (non-hydrogen) atoms. The summed E-state index contributed by atoms with van der Waals surface area (Å²) < 4.78 is 10.9. The molecular weight excluding hydrogens is 346 g/mol. The molecule has 4 nitrogen and oxygen atoms in total. The Morgan fingerprint density at radius 2 is 1.69 bits per heavy atom. The molecule has 0 amide bonds. The lowest BCUT2D eigenvalue weighted by Gasteiger charge is -2.07. The highest BCUT2D eigenvalue weighted by Gasteiger charge is 2.06. The van der Waals surface area contributed by atoms with Crippen LogP contribution in [-0.4, -0.2) is 16.7 Å². The van der Waals surface area contributed by atoms with Gasteiger partial charge in [-0.25, -0.2) is 4.98 Å². The van der Waals surface area contributed by atoms with Gasteiger partial charge in [-0.1, -0.05) is 36.4 Å². The summed E-state index contributed by atoms with van der Waals surface area (Å²) in [6, 6.07) is 23.2. The molecule has 0 atom stereocenters. The zero-order valence-corrected chi connectivity index (χ0v) is 15.0. The molecule has 2 aromatic carbocycles. The van der Waals surface area contributed by atoms with Gasteiger partial charge >= 0.3 is 5.97 Å². The maximum absolute atomic E-state index is 11.8. The van der Waals surface area contributed by atoms with Crippen LogP contribution in [0.3, 0.4) is 0 Å². The van der Waals surface area contributed by atoms with Crippen molar-refractivity contribution >= 4 is 17.7 Å². The first-order chi connectivity index (χ1) is 12.8. The van der Waals surface area contributed by atoms with Crippen molar-refractivity contribution in [1.82, 2.24) is 4.98 Å². The van der Waals surface area contributed by atoms with E-state index in [1.807, 2.05) is 54.6 Å². The molecule has 5 heteroatoms. The standard InChI is InChI=1S/C21H19NO3S/c23-21(25-20-8-4-5-14-22-20)13-15-26-19-11-9-18(10-12-19)24-16-17-6-2-1-3-7-17/h1-12,14H,13,15-16H2. The molecule has 0 aliphatic heterocycles. The maximum atomic E-state index is 11.8. The third-order valence-corrected chi connectivity index (χ3v) is 4.52. The smallest absolute Gasteiger partial charge is 0.313 e. The van der Waals surface area contributed by atoms with Crippen molar-refractivity contribution in [1.29, 1.82) is 0 Å². The monoisotopic (exact) mass is 365 g/mol. The molecule has 0 spiro atoms. The summed E-state index contributed by atoms with van der Waals surface area (Å²) in [5, 5.41) is 0. The van der Waals surface area contributed by atoms with Crippen LogP contribution in [0.25, 0.3) is 0 Å². The molecule has 132 valence electrons. The number of carbonyl (C=O) groups is 1. The Balaban J connectivity index is 1.39. The average molecular weight is 365 g/mol. The summed E-state index contributed by atoms with van der Waals surface area (Å²) >= 11 is 1.61. The zero-order chi connectivity index (χ0) is 18.0. The number of rotatable bonds is 8. The van der Waals surface area contributed by atoms with Crippen LogP contribution in [0.15, 0.2) is 83.9 Å². The SMILES string of the molecule is O=C(CCSc1ccc(OCc2ccccc2)cc1)Oc1ccccn1. The van der Waals surface area contributed by atoms with Gasteiger partial charge in [-0.15, -0.1) is 11.8 Å². The summed E-state index contributed by atoms with van der Waals surface area (Å²) in [6.45, 7) is 0.548. The van der Waals surface area contributed by atoms with Crippen LogP contribution in [0, 0.1) is 0 Å². The van der Waals surface area contributed by atoms with Gasteiger partial charge in [-0.2, -0.15) is 0 Å². The second kappa shape index (κ2) is 9.63. The van der Waals surface area contributed by atoms with Crippen molar-refractivity contribution < 1.29 is 14.3 Å². The Hall–Kier alpha value is -2.79. The predicted octanol–water partition coefficient (Wildman–Crippen LogP) is 4.75. The van der Waals surface area contributed by atoms with E-state index < -0.39 is 0 Å². The van der Waals surface area contributed by atoms with Gasteiger partial charge in [-0.3, -0.25) is 4.79 Å². The molecule has 0 aliphatic rings. The number of pyridine rings is 1. The third kappa shape index (κ3) is 5.93. The minimum Gasteiger partial charge on any atom is -0.489 e. The second-order valence-electron chi connectivity index (χ2n) is 5.49. The minimum absolute atomic E-state index is 0.279. The molecule has 3 rings (SSSR count). The number of aromatic nitrogens is 1. The summed E-state index contributed by atoms with van der Waals surface area (Å²) in [7, 11) is 0. The van der Waals surface area contributed by atoms with Crippen LogP contribution in [0.5, 0.6) is 11.6 Å². The zero-order valence-electron chi connectivity index (χ0n) is 14.2. The Morgan fingerprint density at radius 1 is 0.923 bits per heavy atom. The van der Waals surface area contributed by atoms with Gasteiger partial charge in [-0.05, 0) is 35.9 Å². The van der Waals surface area contributed by atoms with E-state index in [0.29, 0.717) is 24.7 Å². The van der Waals surface area contributed by atoms with Crippen molar-refractivity contribution in [3.8, 4) is 11.6 Å². The normalized spacial score (nSPS) is 10.3. The van der Waals surface area contributed by atoms with E-state index in [1.54, 1.807) is 36.2 Å². The van der Waals surface area contributed by atoms with E-state index in [0.717, 1.165) is 16.2 Å². The van der Waals surface area contributed by atoms with Crippen LogP contribution >= 0.6 is 11.8 Å². The molecule has 1 heterocycles. The molecule has 0 bridgehead atoms. The van der Waals surface area contributed by atoms with Crippen LogP contribution < -0.4 is 9.47 Å². The summed E-state index contributed by atoms with van der Waals surface area (Å²) in [5.41, 5.74) is 1.14. The highest BCUT2D eigenvalue weighted by Crippen LogP contribution is 2.23. The van der Waals surface area contributed by atoms with Crippen molar-refractivity contribution in [2.45, 2.75) is 17.9 Å². The predicted molar refractivity (Wildman–Crippen MR) is 102 cm³/mol. The quantitative estimate of drug-likeness (QED) is 0.426. The molecule has 0 aliphatic carbocycles. The third-order valence-electron chi connectivity index (χ3n) is 3.50. The number of carbonyl (C=O) groups excluding carboxylic acids is 1. The number of benzene rings is 2. The van der Waals surface area contributed by atoms with Crippen LogP contribution in [0.2, 0.25) is 0 Å². The number of thioether (sulfide) groups is 1. The van der Waals surface area contributed by atoms with Gasteiger partial charge in [0, 0.05) is 22.9 Å². The van der Waals surface area contributed by atoms with E-state index in [4.69, 9.17) is 9.47 Å². The number of hydrogen-bond acceptors (Lipinski definition) is 5. The van der Waals surface area contributed by atoms with Crippen LogP contribution in [0.4, 0.5) is 0 Å². The fraction of sp³-hybridized carbons (Fsp3) is 0.143. The van der Waals surface area contributed by atoms with Gasteiger partial charge in [0.05, 0.1) is 6.42 Å². The van der Waals surface area contributed by atoms with Gasteiger partial charge in [0.2, 0.25) is 5.88 Å². The van der Waals surface area contributed by atoms with Gasteiger partial charge in [0.15, 0.2) is 0 Å². The number of nitrogens with zero attached hydrogens (tertiary/aromatic N) is 1. The van der Waals surface area contributed by atoms with E-state index in [9.17, 15) is 4.79 Å². The Labute approximate surface area is 157 Å². The highest BCUT2D eigenvalue weighted by atomic mass is 32.2. The van der Waals surface area contributed by atoms with E-state index >= 15 is 0 Å². The molecular formula is C21H19NO3S. The van der Waals surface area contributed by atoms with Crippen molar-refractivity contribution in [3.63, 3.8) is 0 Å². The lowest BCUT2D eigenvalue weighted by molar-refractivity contribution is -0.134. The molecule has 0 saturated carbocycles. The lowest BCUT2D eigenvalue weighted by Crippen LogP contribution is -2.09. The molecule has 0 N–H and O–H groups in total. The average Bonchev–Trinajstić information content (AvgIpc) is 2.69. The molecule has 1 aromatic heterocycles. The largest absolute Gasteiger partial charge is 0.489 e. The Bertz CT molecular complexity index is 808. The van der Waals surface area contributed by atoms with Crippen molar-refractivity contribution in [2.75, 3.05) is 5.75 Å². The highest BCUT2D eigenvalue weighted by molar-refractivity contribution is 7.99. The van der Waals surface area contributed by atoms with Crippen LogP contribution in [0.1, 0.15) is 12.0 Å². The van der Waals surface area contributed by atoms with Gasteiger partial charge < -0.3 is 9.47 Å². The van der Waals surface area contributed by atoms with Gasteiger partial charge in [0.25, 0.3) is 0 Å². The Morgan fingerprint density at radius 3 is 2.42 bits per heavy atom. The van der Waals surface area contributed by atoms with Crippen molar-refractivity contribution in [2.24, 2.45) is 0 Å². The lowest BCUT2D eigenvalue weighted by atomic mass is 10.2. The fourth-order valence-corrected chi connectivity index (χ4v) is 3.03. The molecule has 0 radical (unpaired) electrons. The topological polar surface area (TPSA) is 48.4 Å². The summed E-state index contributed by atoms with van der Waals surface area (Å²) in [6.07, 6.45) is 1.92. The second-order valence-corrected chi connectivity index (χ2v) is 6.65. The van der Waals surface area contributed by atoms with E-state index in [-0.39, 0.29) is 5.97 Å². The number of hydrogen-bond donors (Lipinski definition) is 0.